The Labute approximate surface area is 138 Å². The highest BCUT2D eigenvalue weighted by Crippen LogP contribution is 2.32. The van der Waals surface area contributed by atoms with Crippen LogP contribution in [0.1, 0.15) is 23.2 Å². The minimum atomic E-state index is 0.0840. The second-order valence-corrected chi connectivity index (χ2v) is 6.10. The molecule has 116 valence electrons. The zero-order chi connectivity index (χ0) is 15.6. The average Bonchev–Trinajstić information content (AvgIpc) is 2.59. The van der Waals surface area contributed by atoms with Gasteiger partial charge in [-0.2, -0.15) is 0 Å². The van der Waals surface area contributed by atoms with Gasteiger partial charge < -0.3 is 5.32 Å². The minimum absolute atomic E-state index is 0.0840. The van der Waals surface area contributed by atoms with Crippen molar-refractivity contribution in [1.29, 1.82) is 0 Å². The lowest BCUT2D eigenvalue weighted by atomic mass is 9.93. The fourth-order valence-electron chi connectivity index (χ4n) is 2.50. The van der Waals surface area contributed by atoms with E-state index in [1.807, 2.05) is 12.3 Å². The van der Waals surface area contributed by atoms with Gasteiger partial charge in [-0.3, -0.25) is 4.99 Å². The maximum absolute atomic E-state index is 4.83. The molecule has 2 aromatic rings. The van der Waals surface area contributed by atoms with Crippen LogP contribution in [0, 0.1) is 0 Å². The minimum Gasteiger partial charge on any atom is -0.308 e. The van der Waals surface area contributed by atoms with E-state index in [-0.39, 0.29) is 12.1 Å². The van der Waals surface area contributed by atoms with Crippen molar-refractivity contribution in [3.05, 3.63) is 71.8 Å². The average molecular weight is 330 g/mol. The van der Waals surface area contributed by atoms with Gasteiger partial charge in [0, 0.05) is 6.21 Å². The molecule has 2 aromatic carbocycles. The SMILES string of the molecule is PC/C=N/[C@@H](c1ccccc1)[C@@H](NCCP)c1ccccc1. The van der Waals surface area contributed by atoms with Crippen LogP contribution in [-0.2, 0) is 0 Å². The third kappa shape index (κ3) is 4.99. The first kappa shape index (κ1) is 17.3. The van der Waals surface area contributed by atoms with Crippen LogP contribution < -0.4 is 5.32 Å². The number of rotatable bonds is 8. The normalized spacial score (nSPS) is 14.1. The molecule has 2 rings (SSSR count). The highest BCUT2D eigenvalue weighted by molar-refractivity contribution is 7.17. The molecule has 0 aliphatic rings. The Hall–Kier alpha value is -1.07. The van der Waals surface area contributed by atoms with Gasteiger partial charge in [-0.05, 0) is 30.0 Å². The van der Waals surface area contributed by atoms with E-state index >= 15 is 0 Å². The lowest BCUT2D eigenvalue weighted by molar-refractivity contribution is 0.469. The lowest BCUT2D eigenvalue weighted by Crippen LogP contribution is -2.28. The Morgan fingerprint density at radius 3 is 2.05 bits per heavy atom. The van der Waals surface area contributed by atoms with Crippen LogP contribution in [0.2, 0.25) is 0 Å². The summed E-state index contributed by atoms with van der Waals surface area (Å²) in [6, 6.07) is 21.4. The number of hydrogen-bond donors (Lipinski definition) is 1. The quantitative estimate of drug-likeness (QED) is 0.576. The first-order valence-electron chi connectivity index (χ1n) is 7.62. The van der Waals surface area contributed by atoms with Crippen LogP contribution in [0.4, 0.5) is 0 Å². The predicted molar refractivity (Wildman–Crippen MR) is 104 cm³/mol. The van der Waals surface area contributed by atoms with Crippen molar-refractivity contribution >= 4 is 24.7 Å². The van der Waals surface area contributed by atoms with Crippen LogP contribution in [0.25, 0.3) is 0 Å². The van der Waals surface area contributed by atoms with Crippen LogP contribution >= 0.6 is 18.5 Å². The van der Waals surface area contributed by atoms with Crippen LogP contribution in [0.3, 0.4) is 0 Å². The summed E-state index contributed by atoms with van der Waals surface area (Å²) in [5.74, 6) is 0. The Balaban J connectivity index is 2.36. The molecule has 1 N–H and O–H groups in total. The molecule has 0 amide bonds. The fourth-order valence-corrected chi connectivity index (χ4v) is 2.79. The molecule has 0 saturated heterocycles. The smallest absolute Gasteiger partial charge is 0.0939 e. The van der Waals surface area contributed by atoms with Crippen molar-refractivity contribution in [2.24, 2.45) is 4.99 Å². The molecule has 0 saturated carbocycles. The van der Waals surface area contributed by atoms with E-state index in [9.17, 15) is 0 Å². The van der Waals surface area contributed by atoms with Gasteiger partial charge in [0.2, 0.25) is 0 Å². The molecule has 0 heterocycles. The van der Waals surface area contributed by atoms with E-state index < -0.39 is 0 Å². The first-order valence-corrected chi connectivity index (χ1v) is 9.25. The number of benzene rings is 2. The molecule has 0 spiro atoms. The van der Waals surface area contributed by atoms with Crippen molar-refractivity contribution < 1.29 is 0 Å². The van der Waals surface area contributed by atoms with Gasteiger partial charge in [0.25, 0.3) is 0 Å². The molecule has 2 unspecified atom stereocenters. The lowest BCUT2D eigenvalue weighted by Gasteiger charge is -2.26. The summed E-state index contributed by atoms with van der Waals surface area (Å²) in [6.45, 7) is 0.948. The number of nitrogens with one attached hydrogen (secondary N) is 1. The van der Waals surface area contributed by atoms with Gasteiger partial charge in [-0.15, -0.1) is 18.5 Å². The summed E-state index contributed by atoms with van der Waals surface area (Å²) >= 11 is 0. The largest absolute Gasteiger partial charge is 0.308 e. The topological polar surface area (TPSA) is 24.4 Å². The summed E-state index contributed by atoms with van der Waals surface area (Å²) in [4.78, 5) is 4.83. The van der Waals surface area contributed by atoms with E-state index in [0.29, 0.717) is 0 Å². The Morgan fingerprint density at radius 2 is 1.50 bits per heavy atom. The third-order valence-electron chi connectivity index (χ3n) is 3.50. The zero-order valence-electron chi connectivity index (χ0n) is 12.7. The van der Waals surface area contributed by atoms with Crippen molar-refractivity contribution in [2.75, 3.05) is 18.9 Å². The predicted octanol–water partition coefficient (Wildman–Crippen LogP) is 3.88. The van der Waals surface area contributed by atoms with Crippen molar-refractivity contribution in [3.8, 4) is 0 Å². The molecule has 0 fully saturated rings. The fraction of sp³-hybridized carbons (Fsp3) is 0.278. The maximum Gasteiger partial charge on any atom is 0.0939 e. The Bertz CT molecular complexity index is 558. The van der Waals surface area contributed by atoms with Crippen LogP contribution in [0.5, 0.6) is 0 Å². The van der Waals surface area contributed by atoms with E-state index in [2.05, 4.69) is 78.4 Å². The van der Waals surface area contributed by atoms with Gasteiger partial charge in [0.05, 0.1) is 12.1 Å². The van der Waals surface area contributed by atoms with E-state index in [0.717, 1.165) is 18.9 Å². The highest BCUT2D eigenvalue weighted by Gasteiger charge is 2.23. The first-order chi connectivity index (χ1) is 10.9. The van der Waals surface area contributed by atoms with E-state index in [1.165, 1.54) is 11.1 Å². The molecule has 0 bridgehead atoms. The van der Waals surface area contributed by atoms with Crippen LogP contribution in [0.15, 0.2) is 65.7 Å². The second-order valence-electron chi connectivity index (χ2n) is 5.05. The van der Waals surface area contributed by atoms with Gasteiger partial charge >= 0.3 is 0 Å². The molecule has 0 aliphatic carbocycles. The van der Waals surface area contributed by atoms with E-state index in [1.54, 1.807) is 0 Å². The van der Waals surface area contributed by atoms with Gasteiger partial charge in [0.1, 0.15) is 0 Å². The van der Waals surface area contributed by atoms with Crippen LogP contribution in [-0.4, -0.2) is 25.1 Å². The number of aliphatic imine (C=N–C) groups is 1. The molecule has 0 aliphatic heterocycles. The standard InChI is InChI=1S/C18H24N2P2/c21-13-11-19-17(15-7-3-1-4-8-15)18(20-12-14-22)16-9-5-2-6-10-16/h1-11,17-18,20H,12-14,21-22H2/b19-11+/t17-,18-/m0/s1. The summed E-state index contributed by atoms with van der Waals surface area (Å²) in [5.41, 5.74) is 2.51. The summed E-state index contributed by atoms with van der Waals surface area (Å²) < 4.78 is 0. The van der Waals surface area contributed by atoms with Gasteiger partial charge in [-0.1, -0.05) is 60.7 Å². The van der Waals surface area contributed by atoms with Crippen molar-refractivity contribution in [2.45, 2.75) is 12.1 Å². The van der Waals surface area contributed by atoms with Gasteiger partial charge in [-0.25, -0.2) is 0 Å². The summed E-state index contributed by atoms with van der Waals surface area (Å²) in [5, 5.41) is 3.65. The molecule has 0 radical (unpaired) electrons. The molecule has 0 aromatic heterocycles. The molecule has 4 atom stereocenters. The number of hydrogen-bond acceptors (Lipinski definition) is 2. The van der Waals surface area contributed by atoms with Gasteiger partial charge in [0.15, 0.2) is 0 Å². The van der Waals surface area contributed by atoms with Crippen molar-refractivity contribution in [1.82, 2.24) is 5.32 Å². The molecule has 22 heavy (non-hydrogen) atoms. The monoisotopic (exact) mass is 330 g/mol. The molecule has 2 nitrogen and oxygen atoms in total. The molecule has 4 heteroatoms. The second kappa shape index (κ2) is 9.85. The molecular formula is C18H24N2P2. The Kier molecular flexibility index (Phi) is 7.74. The third-order valence-corrected chi connectivity index (χ3v) is 4.00. The summed E-state index contributed by atoms with van der Waals surface area (Å²) in [6.07, 6.45) is 3.88. The molecular weight excluding hydrogens is 306 g/mol. The summed E-state index contributed by atoms with van der Waals surface area (Å²) in [7, 11) is 5.48. The van der Waals surface area contributed by atoms with Crippen molar-refractivity contribution in [3.63, 3.8) is 0 Å². The highest BCUT2D eigenvalue weighted by atomic mass is 31.0. The maximum atomic E-state index is 4.83. The van der Waals surface area contributed by atoms with E-state index in [4.69, 9.17) is 4.99 Å². The zero-order valence-corrected chi connectivity index (χ0v) is 15.0. The Morgan fingerprint density at radius 1 is 0.909 bits per heavy atom. The number of nitrogens with zero attached hydrogens (tertiary/aromatic N) is 1.